The number of hydrogen-bond donors (Lipinski definition) is 3. The fraction of sp³-hybridized carbons (Fsp3) is 0.150. The summed E-state index contributed by atoms with van der Waals surface area (Å²) in [6.45, 7) is -0.292. The lowest BCUT2D eigenvalue weighted by atomic mass is 10.1. The van der Waals surface area contributed by atoms with E-state index in [-0.39, 0.29) is 13.0 Å². The molecule has 0 fully saturated rings. The molecule has 26 heavy (non-hydrogen) atoms. The number of benzene rings is 2. The lowest BCUT2D eigenvalue weighted by Crippen LogP contribution is -2.45. The second kappa shape index (κ2) is 9.78. The predicted molar refractivity (Wildman–Crippen MR) is 98.4 cm³/mol. The smallest absolute Gasteiger partial charge is 0.326 e. The van der Waals surface area contributed by atoms with Gasteiger partial charge in [0.15, 0.2) is 0 Å². The number of hydrogen-bond acceptors (Lipinski definition) is 3. The average molecular weight is 352 g/mol. The van der Waals surface area contributed by atoms with Crippen LogP contribution in [0.15, 0.2) is 66.7 Å². The van der Waals surface area contributed by atoms with Gasteiger partial charge in [-0.15, -0.1) is 0 Å². The Bertz CT molecular complexity index is 773. The lowest BCUT2D eigenvalue weighted by molar-refractivity contribution is -0.141. The third-order valence-electron chi connectivity index (χ3n) is 3.56. The van der Waals surface area contributed by atoms with E-state index in [1.807, 2.05) is 30.3 Å². The summed E-state index contributed by atoms with van der Waals surface area (Å²) < 4.78 is 0. The molecule has 6 heteroatoms. The molecule has 0 unspecified atom stereocenters. The van der Waals surface area contributed by atoms with Gasteiger partial charge in [-0.1, -0.05) is 60.7 Å². The molecule has 3 N–H and O–H groups in total. The Morgan fingerprint density at radius 3 is 2.19 bits per heavy atom. The molecule has 134 valence electrons. The van der Waals surface area contributed by atoms with Crippen LogP contribution in [0.4, 0.5) is 0 Å². The van der Waals surface area contributed by atoms with Crippen molar-refractivity contribution in [3.8, 4) is 0 Å². The number of aliphatic carboxylic acids is 1. The van der Waals surface area contributed by atoms with Crippen molar-refractivity contribution in [1.82, 2.24) is 10.6 Å². The van der Waals surface area contributed by atoms with Crippen molar-refractivity contribution in [3.05, 3.63) is 77.9 Å². The first-order valence-electron chi connectivity index (χ1n) is 8.13. The van der Waals surface area contributed by atoms with E-state index in [4.69, 9.17) is 0 Å². The summed E-state index contributed by atoms with van der Waals surface area (Å²) in [5, 5.41) is 14.1. The van der Waals surface area contributed by atoms with Gasteiger partial charge in [-0.05, 0) is 24.1 Å². The number of rotatable bonds is 8. The molecule has 0 saturated carbocycles. The first kappa shape index (κ1) is 18.9. The van der Waals surface area contributed by atoms with Gasteiger partial charge in [0.25, 0.3) is 5.91 Å². The van der Waals surface area contributed by atoms with E-state index in [9.17, 15) is 19.5 Å². The highest BCUT2D eigenvalue weighted by atomic mass is 16.4. The van der Waals surface area contributed by atoms with Crippen molar-refractivity contribution >= 4 is 23.9 Å². The van der Waals surface area contributed by atoms with Crippen molar-refractivity contribution in [2.24, 2.45) is 0 Å². The van der Waals surface area contributed by atoms with Crippen molar-refractivity contribution < 1.29 is 19.5 Å². The van der Waals surface area contributed by atoms with E-state index in [1.54, 1.807) is 42.5 Å². The molecular formula is C20H20N2O4. The third kappa shape index (κ3) is 6.24. The van der Waals surface area contributed by atoms with E-state index in [2.05, 4.69) is 10.6 Å². The minimum absolute atomic E-state index is 0.141. The van der Waals surface area contributed by atoms with Gasteiger partial charge < -0.3 is 15.7 Å². The lowest BCUT2D eigenvalue weighted by Gasteiger charge is -2.13. The third-order valence-corrected chi connectivity index (χ3v) is 3.56. The molecule has 0 bridgehead atoms. The monoisotopic (exact) mass is 352 g/mol. The van der Waals surface area contributed by atoms with E-state index in [0.29, 0.717) is 5.56 Å². The van der Waals surface area contributed by atoms with E-state index in [1.165, 1.54) is 0 Å². The van der Waals surface area contributed by atoms with Crippen molar-refractivity contribution in [1.29, 1.82) is 0 Å². The predicted octanol–water partition coefficient (Wildman–Crippen LogP) is 2.09. The Balaban J connectivity index is 1.83. The molecule has 1 atom stereocenters. The van der Waals surface area contributed by atoms with Gasteiger partial charge in [0.05, 0.1) is 6.54 Å². The Morgan fingerprint density at radius 2 is 1.58 bits per heavy atom. The van der Waals surface area contributed by atoms with Crippen molar-refractivity contribution in [2.75, 3.05) is 6.54 Å². The molecule has 0 radical (unpaired) electrons. The molecule has 2 amide bonds. The van der Waals surface area contributed by atoms with Crippen molar-refractivity contribution in [3.63, 3.8) is 0 Å². The van der Waals surface area contributed by atoms with Crippen LogP contribution in [0.1, 0.15) is 22.3 Å². The highest BCUT2D eigenvalue weighted by Gasteiger charge is 2.18. The van der Waals surface area contributed by atoms with E-state index >= 15 is 0 Å². The molecule has 0 aliphatic heterocycles. The second-order valence-corrected chi connectivity index (χ2v) is 5.56. The van der Waals surface area contributed by atoms with Gasteiger partial charge in [0.1, 0.15) is 6.04 Å². The fourth-order valence-corrected chi connectivity index (χ4v) is 2.22. The average Bonchev–Trinajstić information content (AvgIpc) is 2.66. The van der Waals surface area contributed by atoms with Crippen molar-refractivity contribution in [2.45, 2.75) is 12.5 Å². The fourth-order valence-electron chi connectivity index (χ4n) is 2.22. The van der Waals surface area contributed by atoms with Gasteiger partial charge in [-0.2, -0.15) is 0 Å². The molecule has 2 aromatic carbocycles. The maximum atomic E-state index is 11.9. The Hall–Kier alpha value is -3.41. The Kier molecular flexibility index (Phi) is 7.12. The van der Waals surface area contributed by atoms with E-state index < -0.39 is 23.8 Å². The van der Waals surface area contributed by atoms with Crippen LogP contribution in [0.25, 0.3) is 6.08 Å². The molecule has 2 rings (SSSR count). The SMILES string of the molecule is O=C(CNC(=O)c1ccccc1)N[C@H](C/C=C/c1ccccc1)C(=O)O. The van der Waals surface area contributed by atoms with Gasteiger partial charge >= 0.3 is 5.97 Å². The topological polar surface area (TPSA) is 95.5 Å². The molecule has 0 heterocycles. The maximum absolute atomic E-state index is 11.9. The number of carboxylic acids is 1. The molecule has 0 saturated heterocycles. The molecule has 0 aliphatic carbocycles. The summed E-state index contributed by atoms with van der Waals surface area (Å²) in [4.78, 5) is 35.1. The van der Waals surface area contributed by atoms with Crippen LogP contribution in [0.5, 0.6) is 0 Å². The van der Waals surface area contributed by atoms with Crippen LogP contribution in [-0.4, -0.2) is 35.5 Å². The number of carbonyl (C=O) groups excluding carboxylic acids is 2. The standard InChI is InChI=1S/C20H20N2O4/c23-18(14-21-19(24)16-11-5-2-6-12-16)22-17(20(25)26)13-7-10-15-8-3-1-4-9-15/h1-12,17H,13-14H2,(H,21,24)(H,22,23)(H,25,26)/b10-7+/t17-/m1/s1. The van der Waals surface area contributed by atoms with Crippen LogP contribution in [-0.2, 0) is 9.59 Å². The quantitative estimate of drug-likeness (QED) is 0.678. The summed E-state index contributed by atoms with van der Waals surface area (Å²) in [5.41, 5.74) is 1.37. The minimum Gasteiger partial charge on any atom is -0.480 e. The zero-order chi connectivity index (χ0) is 18.8. The zero-order valence-electron chi connectivity index (χ0n) is 14.1. The summed E-state index contributed by atoms with van der Waals surface area (Å²) in [7, 11) is 0. The molecule has 2 aromatic rings. The number of amides is 2. The zero-order valence-corrected chi connectivity index (χ0v) is 14.1. The largest absolute Gasteiger partial charge is 0.480 e. The molecule has 6 nitrogen and oxygen atoms in total. The highest BCUT2D eigenvalue weighted by molar-refractivity contribution is 5.96. The number of nitrogens with one attached hydrogen (secondary N) is 2. The summed E-state index contributed by atoms with van der Waals surface area (Å²) >= 11 is 0. The normalized spacial score (nSPS) is 11.7. The summed E-state index contributed by atoms with van der Waals surface area (Å²) in [6.07, 6.45) is 3.62. The van der Waals surface area contributed by atoms with Crippen LogP contribution in [0.3, 0.4) is 0 Å². The maximum Gasteiger partial charge on any atom is 0.326 e. The van der Waals surface area contributed by atoms with Gasteiger partial charge in [-0.3, -0.25) is 9.59 Å². The van der Waals surface area contributed by atoms with Crippen LogP contribution in [0.2, 0.25) is 0 Å². The van der Waals surface area contributed by atoms with Gasteiger partial charge in [0, 0.05) is 5.56 Å². The first-order chi connectivity index (χ1) is 12.6. The number of carbonyl (C=O) groups is 3. The van der Waals surface area contributed by atoms with E-state index in [0.717, 1.165) is 5.56 Å². The van der Waals surface area contributed by atoms with Gasteiger partial charge in [-0.25, -0.2) is 4.79 Å². The molecular weight excluding hydrogens is 332 g/mol. The first-order valence-corrected chi connectivity index (χ1v) is 8.13. The second-order valence-electron chi connectivity index (χ2n) is 5.56. The number of carboxylic acid groups (broad SMARTS) is 1. The Labute approximate surface area is 151 Å². The van der Waals surface area contributed by atoms with Crippen LogP contribution < -0.4 is 10.6 Å². The molecule has 0 aromatic heterocycles. The highest BCUT2D eigenvalue weighted by Crippen LogP contribution is 2.04. The van der Waals surface area contributed by atoms with Crippen LogP contribution in [0, 0.1) is 0 Å². The van der Waals surface area contributed by atoms with Crippen LogP contribution >= 0.6 is 0 Å². The van der Waals surface area contributed by atoms with Gasteiger partial charge in [0.2, 0.25) is 5.91 Å². The minimum atomic E-state index is -1.13. The Morgan fingerprint density at radius 1 is 0.962 bits per heavy atom. The molecule has 0 spiro atoms. The summed E-state index contributed by atoms with van der Waals surface area (Å²) in [5.74, 6) is -2.09. The summed E-state index contributed by atoms with van der Waals surface area (Å²) in [6, 6.07) is 16.8. The molecule has 0 aliphatic rings.